The van der Waals surface area contributed by atoms with Gasteiger partial charge in [0.2, 0.25) is 0 Å². The van der Waals surface area contributed by atoms with Crippen molar-refractivity contribution in [3.8, 4) is 5.75 Å². The summed E-state index contributed by atoms with van der Waals surface area (Å²) in [6.45, 7) is 14.2. The number of nitrogens with zero attached hydrogens (tertiary/aromatic N) is 1. The summed E-state index contributed by atoms with van der Waals surface area (Å²) in [7, 11) is 0. The first-order valence-corrected chi connectivity index (χ1v) is 12.6. The number of hydrogen-bond donors (Lipinski definition) is 1. The number of carbonyl (C=O) groups is 2. The van der Waals surface area contributed by atoms with Gasteiger partial charge in [0.15, 0.2) is 0 Å². The number of rotatable bonds is 5. The van der Waals surface area contributed by atoms with Gasteiger partial charge in [0.25, 0.3) is 11.7 Å². The molecule has 1 heterocycles. The lowest BCUT2D eigenvalue weighted by Crippen LogP contribution is -2.29. The van der Waals surface area contributed by atoms with Gasteiger partial charge in [-0.1, -0.05) is 57.2 Å². The van der Waals surface area contributed by atoms with Crippen molar-refractivity contribution in [3.63, 3.8) is 0 Å². The van der Waals surface area contributed by atoms with Crippen molar-refractivity contribution in [1.29, 1.82) is 0 Å². The van der Waals surface area contributed by atoms with Crippen LogP contribution in [0, 0.1) is 13.8 Å². The van der Waals surface area contributed by atoms with E-state index in [9.17, 15) is 14.7 Å². The van der Waals surface area contributed by atoms with Gasteiger partial charge < -0.3 is 9.84 Å². The highest BCUT2D eigenvalue weighted by molar-refractivity contribution is 6.51. The quantitative estimate of drug-likeness (QED) is 0.234. The summed E-state index contributed by atoms with van der Waals surface area (Å²) in [5.41, 5.74) is 5.06. The van der Waals surface area contributed by atoms with Gasteiger partial charge in [0.05, 0.1) is 17.7 Å². The minimum Gasteiger partial charge on any atom is -0.507 e. The number of aryl methyl sites for hydroxylation is 2. The Kier molecular flexibility index (Phi) is 7.00. The molecule has 37 heavy (non-hydrogen) atoms. The van der Waals surface area contributed by atoms with Crippen LogP contribution in [-0.4, -0.2) is 22.9 Å². The van der Waals surface area contributed by atoms with Gasteiger partial charge >= 0.3 is 0 Å². The summed E-state index contributed by atoms with van der Waals surface area (Å²) in [6, 6.07) is 19.8. The number of ketones is 1. The first-order valence-electron chi connectivity index (χ1n) is 12.6. The molecule has 1 fully saturated rings. The number of ether oxygens (including phenoxy) is 1. The average Bonchev–Trinajstić information content (AvgIpc) is 3.10. The van der Waals surface area contributed by atoms with Crippen molar-refractivity contribution < 1.29 is 19.4 Å². The van der Waals surface area contributed by atoms with Crippen molar-refractivity contribution in [3.05, 3.63) is 100 Å². The van der Waals surface area contributed by atoms with Crippen LogP contribution in [0.25, 0.3) is 5.76 Å². The fourth-order valence-electron chi connectivity index (χ4n) is 4.58. The van der Waals surface area contributed by atoms with Crippen LogP contribution in [0.5, 0.6) is 5.75 Å². The van der Waals surface area contributed by atoms with Crippen LogP contribution in [0.15, 0.2) is 72.3 Å². The van der Waals surface area contributed by atoms with E-state index < -0.39 is 17.7 Å². The van der Waals surface area contributed by atoms with Crippen molar-refractivity contribution in [2.75, 3.05) is 4.90 Å². The third-order valence-corrected chi connectivity index (χ3v) is 6.80. The zero-order chi connectivity index (χ0) is 27.1. The van der Waals surface area contributed by atoms with E-state index in [-0.39, 0.29) is 22.9 Å². The van der Waals surface area contributed by atoms with Gasteiger partial charge in [-0.2, -0.15) is 0 Å². The lowest BCUT2D eigenvalue weighted by molar-refractivity contribution is -0.132. The van der Waals surface area contributed by atoms with Gasteiger partial charge in [0.1, 0.15) is 11.5 Å². The Balaban J connectivity index is 1.88. The molecule has 5 heteroatoms. The van der Waals surface area contributed by atoms with Crippen LogP contribution < -0.4 is 9.64 Å². The maximum atomic E-state index is 13.4. The third-order valence-electron chi connectivity index (χ3n) is 6.80. The Bertz CT molecular complexity index is 1360. The summed E-state index contributed by atoms with van der Waals surface area (Å²) in [4.78, 5) is 28.4. The Labute approximate surface area is 219 Å². The van der Waals surface area contributed by atoms with Crippen molar-refractivity contribution in [2.45, 2.75) is 66.0 Å². The highest BCUT2D eigenvalue weighted by atomic mass is 16.5. The summed E-state index contributed by atoms with van der Waals surface area (Å²) in [6.07, 6.45) is 0.0133. The molecule has 1 N–H and O–H groups in total. The second-order valence-corrected chi connectivity index (χ2v) is 11.0. The highest BCUT2D eigenvalue weighted by Gasteiger charge is 2.47. The summed E-state index contributed by atoms with van der Waals surface area (Å²) in [5.74, 6) is -0.874. The van der Waals surface area contributed by atoms with Gasteiger partial charge in [-0.15, -0.1) is 0 Å². The van der Waals surface area contributed by atoms with Crippen LogP contribution in [0.1, 0.15) is 68.5 Å². The van der Waals surface area contributed by atoms with Crippen LogP contribution in [-0.2, 0) is 15.0 Å². The first-order chi connectivity index (χ1) is 17.4. The molecule has 0 spiro atoms. The molecule has 5 nitrogen and oxygen atoms in total. The van der Waals surface area contributed by atoms with Gasteiger partial charge in [-0.25, -0.2) is 0 Å². The molecule has 0 aliphatic carbocycles. The third kappa shape index (κ3) is 5.17. The summed E-state index contributed by atoms with van der Waals surface area (Å²) in [5, 5.41) is 11.4. The molecule has 0 saturated carbocycles. The topological polar surface area (TPSA) is 66.8 Å². The zero-order valence-corrected chi connectivity index (χ0v) is 22.6. The molecule has 192 valence electrons. The SMILES string of the molecule is Cc1ccc(/C(O)=C2/C(=O)C(=O)N(c3ccc(OC(C)C)cc3)C2c2ccc(C(C)(C)C)cc2)cc1C. The van der Waals surface area contributed by atoms with Crippen LogP contribution in [0.4, 0.5) is 5.69 Å². The van der Waals surface area contributed by atoms with Crippen molar-refractivity contribution in [1.82, 2.24) is 0 Å². The Hall–Kier alpha value is -3.86. The van der Waals surface area contributed by atoms with E-state index in [0.29, 0.717) is 17.0 Å². The molecule has 4 rings (SSSR count). The first kappa shape index (κ1) is 26.2. The van der Waals surface area contributed by atoms with Crippen LogP contribution in [0.2, 0.25) is 0 Å². The van der Waals surface area contributed by atoms with E-state index in [1.807, 2.05) is 64.1 Å². The normalized spacial score (nSPS) is 17.5. The fourth-order valence-corrected chi connectivity index (χ4v) is 4.58. The minimum absolute atomic E-state index is 0.0133. The van der Waals surface area contributed by atoms with Gasteiger partial charge in [-0.3, -0.25) is 14.5 Å². The molecule has 1 unspecified atom stereocenters. The van der Waals surface area contributed by atoms with E-state index in [1.54, 1.807) is 30.3 Å². The number of Topliss-reactive ketones (excluding diaryl/α,β-unsaturated/α-hetero) is 1. The largest absolute Gasteiger partial charge is 0.507 e. The zero-order valence-electron chi connectivity index (χ0n) is 22.6. The molecule has 3 aromatic carbocycles. The predicted molar refractivity (Wildman–Crippen MR) is 148 cm³/mol. The van der Waals surface area contributed by atoms with E-state index in [0.717, 1.165) is 22.3 Å². The molecule has 0 bridgehead atoms. The molecular weight excluding hydrogens is 462 g/mol. The standard InChI is InChI=1S/C32H35NO4/c1-19(2)37-26-16-14-25(15-17-26)33-28(22-10-12-24(13-11-22)32(5,6)7)27(30(35)31(33)36)29(34)23-9-8-20(3)21(4)18-23/h8-19,28,34H,1-7H3/b29-27-. The molecule has 1 atom stereocenters. The monoisotopic (exact) mass is 497 g/mol. The predicted octanol–water partition coefficient (Wildman–Crippen LogP) is 7.01. The minimum atomic E-state index is -0.771. The number of anilines is 1. The lowest BCUT2D eigenvalue weighted by Gasteiger charge is -2.27. The maximum absolute atomic E-state index is 13.4. The van der Waals surface area contributed by atoms with Crippen molar-refractivity contribution in [2.24, 2.45) is 0 Å². The summed E-state index contributed by atoms with van der Waals surface area (Å²) >= 11 is 0. The molecule has 1 aliphatic heterocycles. The number of aliphatic hydroxyl groups excluding tert-OH is 1. The Morgan fingerprint density at radius 3 is 2.05 bits per heavy atom. The number of benzene rings is 3. The van der Waals surface area contributed by atoms with Crippen LogP contribution in [0.3, 0.4) is 0 Å². The number of amides is 1. The average molecular weight is 498 g/mol. The maximum Gasteiger partial charge on any atom is 0.300 e. The molecule has 0 radical (unpaired) electrons. The number of carbonyl (C=O) groups excluding carboxylic acids is 2. The van der Waals surface area contributed by atoms with E-state index >= 15 is 0 Å². The number of hydrogen-bond acceptors (Lipinski definition) is 4. The van der Waals surface area contributed by atoms with Gasteiger partial charge in [-0.05, 0) is 85.7 Å². The Morgan fingerprint density at radius 1 is 0.892 bits per heavy atom. The highest BCUT2D eigenvalue weighted by Crippen LogP contribution is 2.43. The van der Waals surface area contributed by atoms with Crippen molar-refractivity contribution >= 4 is 23.1 Å². The second-order valence-electron chi connectivity index (χ2n) is 11.0. The number of aliphatic hydroxyl groups is 1. The van der Waals surface area contributed by atoms with Crippen LogP contribution >= 0.6 is 0 Å². The molecule has 1 aliphatic rings. The fraction of sp³-hybridized carbons (Fsp3) is 0.312. The summed E-state index contributed by atoms with van der Waals surface area (Å²) < 4.78 is 5.75. The van der Waals surface area contributed by atoms with E-state index in [4.69, 9.17) is 4.74 Å². The van der Waals surface area contributed by atoms with E-state index in [1.165, 1.54) is 4.90 Å². The lowest BCUT2D eigenvalue weighted by atomic mass is 9.85. The molecule has 0 aromatic heterocycles. The molecule has 1 amide bonds. The van der Waals surface area contributed by atoms with E-state index in [2.05, 4.69) is 20.8 Å². The molecular formula is C32H35NO4. The Morgan fingerprint density at radius 2 is 1.51 bits per heavy atom. The molecule has 1 saturated heterocycles. The van der Waals surface area contributed by atoms with Gasteiger partial charge in [0, 0.05) is 11.3 Å². The second kappa shape index (κ2) is 9.89. The smallest absolute Gasteiger partial charge is 0.300 e. The molecule has 3 aromatic rings.